The van der Waals surface area contributed by atoms with Crippen LogP contribution in [0, 0.1) is 0 Å². The van der Waals surface area contributed by atoms with E-state index >= 15 is 0 Å². The summed E-state index contributed by atoms with van der Waals surface area (Å²) in [5.74, 6) is 1.88. The van der Waals surface area contributed by atoms with Crippen LogP contribution in [-0.4, -0.2) is 52.5 Å². The fraction of sp³-hybridized carbons (Fsp3) is 0.444. The van der Waals surface area contributed by atoms with E-state index in [4.69, 9.17) is 11.6 Å². The number of aromatic hydroxyl groups is 1. The smallest absolute Gasteiger partial charge is 0.250 e. The molecule has 2 aliphatic rings. The minimum absolute atomic E-state index is 0.0461. The quantitative estimate of drug-likeness (QED) is 0.602. The van der Waals surface area contributed by atoms with E-state index in [1.807, 2.05) is 0 Å². The molecule has 0 unspecified atom stereocenters. The van der Waals surface area contributed by atoms with Crippen molar-refractivity contribution in [2.75, 3.05) is 41.4 Å². The Kier molecular flexibility index (Phi) is 5.24. The topological polar surface area (TPSA) is 89.8 Å². The second-order valence-corrected chi connectivity index (χ2v) is 7.14. The van der Waals surface area contributed by atoms with Crippen LogP contribution in [0.3, 0.4) is 0 Å². The van der Waals surface area contributed by atoms with Crippen LogP contribution in [0.1, 0.15) is 31.2 Å². The fourth-order valence-electron chi connectivity index (χ4n) is 3.29. The Morgan fingerprint density at radius 3 is 2.11 bits per heavy atom. The highest BCUT2D eigenvalue weighted by molar-refractivity contribution is 6.32. The van der Waals surface area contributed by atoms with Crippen molar-refractivity contribution in [1.29, 1.82) is 0 Å². The van der Waals surface area contributed by atoms with Crippen LogP contribution in [-0.2, 0) is 0 Å². The molecular weight excluding hydrogens is 366 g/mol. The summed E-state index contributed by atoms with van der Waals surface area (Å²) < 4.78 is 0. The number of hydrogen-bond donors (Lipinski definition) is 2. The van der Waals surface area contributed by atoms with Crippen molar-refractivity contribution in [3.8, 4) is 5.75 Å². The molecule has 0 bridgehead atoms. The fourth-order valence-corrected chi connectivity index (χ4v) is 3.48. The van der Waals surface area contributed by atoms with Gasteiger partial charge in [-0.1, -0.05) is 11.6 Å². The Balaban J connectivity index is 1.54. The third kappa shape index (κ3) is 4.21. The molecule has 0 atom stereocenters. The van der Waals surface area contributed by atoms with E-state index in [0.717, 1.165) is 57.4 Å². The lowest BCUT2D eigenvalue weighted by Gasteiger charge is -2.20. The minimum Gasteiger partial charge on any atom is -0.506 e. The molecule has 9 heteroatoms. The van der Waals surface area contributed by atoms with E-state index in [9.17, 15) is 5.11 Å². The molecule has 4 rings (SSSR count). The van der Waals surface area contributed by atoms with Crippen LogP contribution in [0.4, 0.5) is 17.8 Å². The number of benzene rings is 1. The maximum atomic E-state index is 9.49. The van der Waals surface area contributed by atoms with Crippen molar-refractivity contribution in [2.45, 2.75) is 25.7 Å². The number of rotatable bonds is 5. The maximum Gasteiger partial charge on any atom is 0.250 e. The normalized spacial score (nSPS) is 17.2. The van der Waals surface area contributed by atoms with Crippen molar-refractivity contribution in [1.82, 2.24) is 15.0 Å². The van der Waals surface area contributed by atoms with Crippen molar-refractivity contribution in [2.24, 2.45) is 5.10 Å². The van der Waals surface area contributed by atoms with Crippen molar-refractivity contribution in [3.05, 3.63) is 28.8 Å². The maximum absolute atomic E-state index is 9.49. The van der Waals surface area contributed by atoms with Crippen LogP contribution >= 0.6 is 11.6 Å². The zero-order valence-electron chi connectivity index (χ0n) is 15.0. The molecule has 0 spiro atoms. The van der Waals surface area contributed by atoms with E-state index in [-0.39, 0.29) is 10.8 Å². The van der Waals surface area contributed by atoms with Crippen LogP contribution in [0.15, 0.2) is 23.3 Å². The van der Waals surface area contributed by atoms with Gasteiger partial charge in [0, 0.05) is 26.2 Å². The molecule has 0 amide bonds. The number of anilines is 3. The molecule has 1 aromatic carbocycles. The monoisotopic (exact) mass is 387 g/mol. The molecule has 2 N–H and O–H groups in total. The number of phenolic OH excluding ortho intramolecular Hbond substituents is 1. The summed E-state index contributed by atoms with van der Waals surface area (Å²) >= 11 is 5.92. The van der Waals surface area contributed by atoms with Gasteiger partial charge in [0.05, 0.1) is 11.2 Å². The van der Waals surface area contributed by atoms with Crippen LogP contribution in [0.25, 0.3) is 0 Å². The number of nitrogens with one attached hydrogen (secondary N) is 1. The third-order valence-corrected chi connectivity index (χ3v) is 5.04. The standard InChI is InChI=1S/C18H22ClN7O/c19-14-11-13(5-6-15(14)27)12-20-24-16-21-17(25-7-1-2-8-25)23-18(22-16)26-9-3-4-10-26/h5-6,11-12,27H,1-4,7-10H2,(H,21,22,23,24)/b20-12-. The lowest BCUT2D eigenvalue weighted by molar-refractivity contribution is 0.475. The van der Waals surface area contributed by atoms with Crippen molar-refractivity contribution in [3.63, 3.8) is 0 Å². The number of halogens is 1. The van der Waals surface area contributed by atoms with Gasteiger partial charge >= 0.3 is 0 Å². The minimum atomic E-state index is 0.0461. The number of nitrogens with zero attached hydrogens (tertiary/aromatic N) is 6. The molecule has 2 saturated heterocycles. The number of phenols is 1. The Labute approximate surface area is 162 Å². The summed E-state index contributed by atoms with van der Waals surface area (Å²) in [6, 6.07) is 4.90. The van der Waals surface area contributed by atoms with Crippen molar-refractivity contribution < 1.29 is 5.11 Å². The summed E-state index contributed by atoms with van der Waals surface area (Å²) in [7, 11) is 0. The van der Waals surface area contributed by atoms with Gasteiger partial charge in [0.1, 0.15) is 5.75 Å². The molecule has 1 aromatic heterocycles. The Morgan fingerprint density at radius 2 is 1.56 bits per heavy atom. The first-order valence-electron chi connectivity index (χ1n) is 9.22. The van der Waals surface area contributed by atoms with Crippen LogP contribution in [0.2, 0.25) is 5.02 Å². The van der Waals surface area contributed by atoms with Gasteiger partial charge in [-0.05, 0) is 49.4 Å². The average molecular weight is 388 g/mol. The predicted octanol–water partition coefficient (Wildman–Crippen LogP) is 2.88. The molecule has 0 radical (unpaired) electrons. The molecule has 27 heavy (non-hydrogen) atoms. The Morgan fingerprint density at radius 1 is 0.963 bits per heavy atom. The Bertz CT molecular complexity index is 798. The molecule has 142 valence electrons. The molecule has 0 aliphatic carbocycles. The molecule has 0 saturated carbocycles. The molecule has 3 heterocycles. The first-order chi connectivity index (χ1) is 13.2. The van der Waals surface area contributed by atoms with E-state index in [1.54, 1.807) is 18.3 Å². The van der Waals surface area contributed by atoms with Gasteiger partial charge in [-0.3, -0.25) is 0 Å². The number of hydrogen-bond acceptors (Lipinski definition) is 8. The zero-order chi connectivity index (χ0) is 18.6. The van der Waals surface area contributed by atoms with E-state index in [2.05, 4.69) is 35.3 Å². The van der Waals surface area contributed by atoms with Gasteiger partial charge in [-0.15, -0.1) is 0 Å². The summed E-state index contributed by atoms with van der Waals surface area (Å²) in [4.78, 5) is 18.1. The van der Waals surface area contributed by atoms with Gasteiger partial charge in [-0.25, -0.2) is 5.43 Å². The summed E-state index contributed by atoms with van der Waals surface area (Å²) in [6.07, 6.45) is 6.25. The van der Waals surface area contributed by atoms with Gasteiger partial charge in [-0.2, -0.15) is 20.1 Å². The first-order valence-corrected chi connectivity index (χ1v) is 9.60. The average Bonchev–Trinajstić information content (AvgIpc) is 3.38. The van der Waals surface area contributed by atoms with Crippen LogP contribution < -0.4 is 15.2 Å². The number of hydrazone groups is 1. The number of aromatic nitrogens is 3. The summed E-state index contributed by atoms with van der Waals surface area (Å²) in [5, 5.41) is 14.0. The largest absolute Gasteiger partial charge is 0.506 e. The second kappa shape index (κ2) is 7.96. The van der Waals surface area contributed by atoms with Crippen LogP contribution in [0.5, 0.6) is 5.75 Å². The molecule has 2 aliphatic heterocycles. The molecule has 8 nitrogen and oxygen atoms in total. The first kappa shape index (κ1) is 17.8. The highest BCUT2D eigenvalue weighted by Crippen LogP contribution is 2.24. The Hall–Kier alpha value is -2.61. The van der Waals surface area contributed by atoms with E-state index in [1.165, 1.54) is 6.07 Å². The summed E-state index contributed by atoms with van der Waals surface area (Å²) in [6.45, 7) is 3.88. The highest BCUT2D eigenvalue weighted by atomic mass is 35.5. The summed E-state index contributed by atoms with van der Waals surface area (Å²) in [5.41, 5.74) is 3.67. The predicted molar refractivity (Wildman–Crippen MR) is 107 cm³/mol. The second-order valence-electron chi connectivity index (χ2n) is 6.73. The lowest BCUT2D eigenvalue weighted by Crippen LogP contribution is -2.25. The van der Waals surface area contributed by atoms with Gasteiger partial charge in [0.15, 0.2) is 0 Å². The van der Waals surface area contributed by atoms with Crippen molar-refractivity contribution >= 4 is 35.7 Å². The molecular formula is C18H22ClN7O. The highest BCUT2D eigenvalue weighted by Gasteiger charge is 2.21. The lowest BCUT2D eigenvalue weighted by atomic mass is 10.2. The van der Waals surface area contributed by atoms with E-state index < -0.39 is 0 Å². The zero-order valence-corrected chi connectivity index (χ0v) is 15.7. The SMILES string of the molecule is Oc1ccc(/C=N\Nc2nc(N3CCCC3)nc(N3CCCC3)n2)cc1Cl. The van der Waals surface area contributed by atoms with Gasteiger partial charge in [0.25, 0.3) is 0 Å². The van der Waals surface area contributed by atoms with E-state index in [0.29, 0.717) is 17.8 Å². The van der Waals surface area contributed by atoms with Gasteiger partial charge in [0.2, 0.25) is 17.8 Å². The van der Waals surface area contributed by atoms with Gasteiger partial charge < -0.3 is 14.9 Å². The molecule has 2 aromatic rings. The third-order valence-electron chi connectivity index (χ3n) is 4.74. The molecule has 2 fully saturated rings.